The SMILES string of the molecule is Cc1cc(C)cc(NC(=O)CCSc2nc(N)cc(N)n2)c1. The molecule has 1 aromatic carbocycles. The first-order valence-electron chi connectivity index (χ1n) is 6.83. The van der Waals surface area contributed by atoms with Gasteiger partial charge in [0, 0.05) is 23.9 Å². The van der Waals surface area contributed by atoms with Gasteiger partial charge in [-0.1, -0.05) is 17.8 Å². The molecule has 1 amide bonds. The van der Waals surface area contributed by atoms with E-state index in [1.807, 2.05) is 26.0 Å². The highest BCUT2D eigenvalue weighted by atomic mass is 32.2. The normalized spacial score (nSPS) is 10.5. The van der Waals surface area contributed by atoms with Crippen LogP contribution in [0.25, 0.3) is 0 Å². The molecule has 116 valence electrons. The lowest BCUT2D eigenvalue weighted by molar-refractivity contribution is -0.115. The number of nitrogens with one attached hydrogen (secondary N) is 1. The summed E-state index contributed by atoms with van der Waals surface area (Å²) in [5.74, 6) is 1.17. The number of carbonyl (C=O) groups excluding carboxylic acids is 1. The van der Waals surface area contributed by atoms with Crippen molar-refractivity contribution in [1.29, 1.82) is 0 Å². The molecule has 1 heterocycles. The molecule has 0 radical (unpaired) electrons. The van der Waals surface area contributed by atoms with Crippen molar-refractivity contribution >= 4 is 35.0 Å². The summed E-state index contributed by atoms with van der Waals surface area (Å²) in [6, 6.07) is 7.45. The number of thioether (sulfide) groups is 1. The second-order valence-corrected chi connectivity index (χ2v) is 6.09. The number of aryl methyl sites for hydroxylation is 2. The van der Waals surface area contributed by atoms with Gasteiger partial charge in [0.05, 0.1) is 0 Å². The summed E-state index contributed by atoms with van der Waals surface area (Å²) in [5.41, 5.74) is 14.2. The first kappa shape index (κ1) is 16.1. The van der Waals surface area contributed by atoms with Crippen LogP contribution in [-0.2, 0) is 4.79 Å². The van der Waals surface area contributed by atoms with Crippen molar-refractivity contribution < 1.29 is 4.79 Å². The molecule has 1 aromatic heterocycles. The molecule has 22 heavy (non-hydrogen) atoms. The predicted octanol–water partition coefficient (Wildman–Crippen LogP) is 2.38. The molecule has 0 saturated heterocycles. The Morgan fingerprint density at radius 2 is 1.68 bits per heavy atom. The van der Waals surface area contributed by atoms with E-state index < -0.39 is 0 Å². The lowest BCUT2D eigenvalue weighted by Crippen LogP contribution is -2.12. The van der Waals surface area contributed by atoms with E-state index in [1.54, 1.807) is 0 Å². The summed E-state index contributed by atoms with van der Waals surface area (Å²) < 4.78 is 0. The van der Waals surface area contributed by atoms with Crippen LogP contribution in [0.3, 0.4) is 0 Å². The Balaban J connectivity index is 1.85. The molecule has 0 aliphatic carbocycles. The first-order valence-corrected chi connectivity index (χ1v) is 7.82. The number of carbonyl (C=O) groups is 1. The zero-order chi connectivity index (χ0) is 16.1. The minimum atomic E-state index is -0.0469. The minimum Gasteiger partial charge on any atom is -0.383 e. The van der Waals surface area contributed by atoms with E-state index >= 15 is 0 Å². The lowest BCUT2D eigenvalue weighted by Gasteiger charge is -2.07. The standard InChI is InChI=1S/C15H19N5OS/c1-9-5-10(2)7-11(6-9)18-14(21)3-4-22-15-19-12(16)8-13(17)20-15/h5-8H,3-4H2,1-2H3,(H,18,21)(H4,16,17,19,20). The molecule has 2 aromatic rings. The average molecular weight is 317 g/mol. The molecule has 2 rings (SSSR count). The maximum Gasteiger partial charge on any atom is 0.225 e. The fourth-order valence-electron chi connectivity index (χ4n) is 2.03. The Labute approximate surface area is 133 Å². The number of nitrogens with zero attached hydrogens (tertiary/aromatic N) is 2. The Morgan fingerprint density at radius 1 is 1.09 bits per heavy atom. The van der Waals surface area contributed by atoms with Gasteiger partial charge in [-0.15, -0.1) is 0 Å². The zero-order valence-electron chi connectivity index (χ0n) is 12.6. The van der Waals surface area contributed by atoms with E-state index in [9.17, 15) is 4.79 Å². The molecule has 0 fully saturated rings. The topological polar surface area (TPSA) is 107 Å². The van der Waals surface area contributed by atoms with Crippen LogP contribution in [0, 0.1) is 13.8 Å². The van der Waals surface area contributed by atoms with E-state index in [0.29, 0.717) is 29.0 Å². The number of hydrogen-bond acceptors (Lipinski definition) is 6. The molecule has 0 saturated carbocycles. The van der Waals surface area contributed by atoms with Gasteiger partial charge in [-0.3, -0.25) is 4.79 Å². The van der Waals surface area contributed by atoms with Gasteiger partial charge in [-0.05, 0) is 37.1 Å². The van der Waals surface area contributed by atoms with Crippen molar-refractivity contribution in [2.75, 3.05) is 22.5 Å². The second kappa shape index (κ2) is 7.13. The number of benzene rings is 1. The quantitative estimate of drug-likeness (QED) is 0.577. The fourth-order valence-corrected chi connectivity index (χ4v) is 2.84. The predicted molar refractivity (Wildman–Crippen MR) is 90.7 cm³/mol. The van der Waals surface area contributed by atoms with Gasteiger partial charge in [0.25, 0.3) is 0 Å². The van der Waals surface area contributed by atoms with Crippen molar-refractivity contribution in [2.45, 2.75) is 25.4 Å². The van der Waals surface area contributed by atoms with Crippen LogP contribution in [0.1, 0.15) is 17.5 Å². The molecule has 0 spiro atoms. The van der Waals surface area contributed by atoms with Crippen LogP contribution in [0.4, 0.5) is 17.3 Å². The molecule has 0 aliphatic heterocycles. The molecular weight excluding hydrogens is 298 g/mol. The van der Waals surface area contributed by atoms with Crippen molar-refractivity contribution in [3.8, 4) is 0 Å². The number of aromatic nitrogens is 2. The van der Waals surface area contributed by atoms with Gasteiger partial charge in [0.1, 0.15) is 11.6 Å². The van der Waals surface area contributed by atoms with Gasteiger partial charge < -0.3 is 16.8 Å². The Bertz CT molecular complexity index is 649. The van der Waals surface area contributed by atoms with Gasteiger partial charge in [0.15, 0.2) is 5.16 Å². The maximum absolute atomic E-state index is 11.9. The average Bonchev–Trinajstić information content (AvgIpc) is 2.35. The highest BCUT2D eigenvalue weighted by molar-refractivity contribution is 7.99. The number of anilines is 3. The summed E-state index contributed by atoms with van der Waals surface area (Å²) in [6.07, 6.45) is 0.357. The molecule has 0 unspecified atom stereocenters. The Hall–Kier alpha value is -2.28. The summed E-state index contributed by atoms with van der Waals surface area (Å²) in [6.45, 7) is 4.00. The van der Waals surface area contributed by atoms with Crippen molar-refractivity contribution in [2.24, 2.45) is 0 Å². The van der Waals surface area contributed by atoms with Crippen LogP contribution >= 0.6 is 11.8 Å². The van der Waals surface area contributed by atoms with Crippen LogP contribution in [0.5, 0.6) is 0 Å². The summed E-state index contributed by atoms with van der Waals surface area (Å²) >= 11 is 1.35. The first-order chi connectivity index (χ1) is 10.4. The van der Waals surface area contributed by atoms with Crippen LogP contribution < -0.4 is 16.8 Å². The number of amides is 1. The molecular formula is C15H19N5OS. The third-order valence-corrected chi connectivity index (χ3v) is 3.66. The summed E-state index contributed by atoms with van der Waals surface area (Å²) in [5, 5.41) is 3.37. The van der Waals surface area contributed by atoms with E-state index in [4.69, 9.17) is 11.5 Å². The van der Waals surface area contributed by atoms with Gasteiger partial charge in [-0.25, -0.2) is 9.97 Å². The molecule has 0 atom stereocenters. The van der Waals surface area contributed by atoms with Crippen molar-refractivity contribution in [3.63, 3.8) is 0 Å². The van der Waals surface area contributed by atoms with Crippen LogP contribution in [-0.4, -0.2) is 21.6 Å². The van der Waals surface area contributed by atoms with E-state index in [2.05, 4.69) is 21.4 Å². The van der Waals surface area contributed by atoms with Gasteiger partial charge in [0.2, 0.25) is 5.91 Å². The minimum absolute atomic E-state index is 0.0469. The van der Waals surface area contributed by atoms with Gasteiger partial charge in [-0.2, -0.15) is 0 Å². The number of nitrogens with two attached hydrogens (primary N) is 2. The number of rotatable bonds is 5. The van der Waals surface area contributed by atoms with E-state index in [-0.39, 0.29) is 5.91 Å². The molecule has 7 heteroatoms. The monoisotopic (exact) mass is 317 g/mol. The van der Waals surface area contributed by atoms with Crippen molar-refractivity contribution in [1.82, 2.24) is 9.97 Å². The zero-order valence-corrected chi connectivity index (χ0v) is 13.4. The van der Waals surface area contributed by atoms with E-state index in [1.165, 1.54) is 17.8 Å². The third kappa shape index (κ3) is 4.92. The second-order valence-electron chi connectivity index (χ2n) is 5.02. The lowest BCUT2D eigenvalue weighted by atomic mass is 10.1. The number of nitrogen functional groups attached to an aromatic ring is 2. The maximum atomic E-state index is 11.9. The van der Waals surface area contributed by atoms with E-state index in [0.717, 1.165) is 16.8 Å². The third-order valence-electron chi connectivity index (χ3n) is 2.81. The van der Waals surface area contributed by atoms with Gasteiger partial charge >= 0.3 is 0 Å². The Kier molecular flexibility index (Phi) is 5.21. The fraction of sp³-hybridized carbons (Fsp3) is 0.267. The number of hydrogen-bond donors (Lipinski definition) is 3. The largest absolute Gasteiger partial charge is 0.383 e. The van der Waals surface area contributed by atoms with Crippen molar-refractivity contribution in [3.05, 3.63) is 35.4 Å². The highest BCUT2D eigenvalue weighted by Crippen LogP contribution is 2.18. The highest BCUT2D eigenvalue weighted by Gasteiger charge is 2.06. The summed E-state index contributed by atoms with van der Waals surface area (Å²) in [7, 11) is 0. The molecule has 6 nitrogen and oxygen atoms in total. The molecule has 0 aliphatic rings. The molecule has 5 N–H and O–H groups in total. The summed E-state index contributed by atoms with van der Waals surface area (Å²) in [4.78, 5) is 20.1. The Morgan fingerprint density at radius 3 is 2.27 bits per heavy atom. The molecule has 0 bridgehead atoms. The van der Waals surface area contributed by atoms with Crippen LogP contribution in [0.2, 0.25) is 0 Å². The smallest absolute Gasteiger partial charge is 0.225 e. The van der Waals surface area contributed by atoms with Crippen LogP contribution in [0.15, 0.2) is 29.4 Å².